The predicted molar refractivity (Wildman–Crippen MR) is 159 cm³/mol. The van der Waals surface area contributed by atoms with Crippen molar-refractivity contribution >= 4 is 63.0 Å². The van der Waals surface area contributed by atoms with Crippen LogP contribution >= 0.6 is 22.6 Å². The number of imide groups is 2. The summed E-state index contributed by atoms with van der Waals surface area (Å²) in [5.41, 5.74) is 3.76. The molecule has 4 aromatic carbocycles. The molecular formula is C31H25IN2O5. The van der Waals surface area contributed by atoms with Crippen molar-refractivity contribution < 1.29 is 23.9 Å². The van der Waals surface area contributed by atoms with Crippen LogP contribution in [-0.4, -0.2) is 25.0 Å². The first kappa shape index (κ1) is 26.4. The van der Waals surface area contributed by atoms with E-state index < -0.39 is 17.8 Å². The van der Waals surface area contributed by atoms with Gasteiger partial charge in [0.15, 0.2) is 11.5 Å². The topological polar surface area (TPSA) is 84.9 Å². The Morgan fingerprint density at radius 1 is 0.897 bits per heavy atom. The highest BCUT2D eigenvalue weighted by Gasteiger charge is 2.37. The van der Waals surface area contributed by atoms with E-state index in [1.165, 1.54) is 13.2 Å². The summed E-state index contributed by atoms with van der Waals surface area (Å²) < 4.78 is 12.5. The molecule has 0 bridgehead atoms. The van der Waals surface area contributed by atoms with Gasteiger partial charge in [0.2, 0.25) is 0 Å². The summed E-state index contributed by atoms with van der Waals surface area (Å²) in [6.07, 6.45) is 1.45. The van der Waals surface area contributed by atoms with Gasteiger partial charge in [-0.3, -0.25) is 14.9 Å². The number of aryl methyl sites for hydroxylation is 2. The van der Waals surface area contributed by atoms with E-state index >= 15 is 0 Å². The molecule has 4 amide bonds. The van der Waals surface area contributed by atoms with Crippen LogP contribution in [0.3, 0.4) is 0 Å². The number of anilines is 1. The Hall–Kier alpha value is -4.18. The molecule has 0 atom stereocenters. The number of hydrogen-bond acceptors (Lipinski definition) is 5. The molecule has 1 fully saturated rings. The number of barbiturate groups is 1. The van der Waals surface area contributed by atoms with Crippen molar-refractivity contribution in [3.63, 3.8) is 0 Å². The second-order valence-corrected chi connectivity index (χ2v) is 10.4. The molecule has 1 heterocycles. The summed E-state index contributed by atoms with van der Waals surface area (Å²) >= 11 is 2.14. The maximum absolute atomic E-state index is 13.3. The van der Waals surface area contributed by atoms with Crippen LogP contribution < -0.4 is 19.7 Å². The molecule has 1 N–H and O–H groups in total. The highest BCUT2D eigenvalue weighted by atomic mass is 127. The van der Waals surface area contributed by atoms with E-state index in [4.69, 9.17) is 9.47 Å². The van der Waals surface area contributed by atoms with Crippen molar-refractivity contribution in [1.29, 1.82) is 0 Å². The van der Waals surface area contributed by atoms with Gasteiger partial charge >= 0.3 is 6.03 Å². The second-order valence-electron chi connectivity index (χ2n) is 9.23. The fraction of sp³-hybridized carbons (Fsp3) is 0.129. The number of benzene rings is 4. The molecule has 196 valence electrons. The van der Waals surface area contributed by atoms with E-state index in [0.29, 0.717) is 29.4 Å². The molecule has 0 spiro atoms. The van der Waals surface area contributed by atoms with Crippen LogP contribution in [0.1, 0.15) is 22.3 Å². The molecule has 1 aliphatic heterocycles. The molecular weight excluding hydrogens is 607 g/mol. The van der Waals surface area contributed by atoms with E-state index in [-0.39, 0.29) is 5.57 Å². The lowest BCUT2D eigenvalue weighted by molar-refractivity contribution is -0.122. The van der Waals surface area contributed by atoms with Gasteiger partial charge in [0.25, 0.3) is 11.8 Å². The lowest BCUT2D eigenvalue weighted by Crippen LogP contribution is -2.54. The largest absolute Gasteiger partial charge is 0.493 e. The Kier molecular flexibility index (Phi) is 7.38. The number of methoxy groups -OCH3 is 1. The lowest BCUT2D eigenvalue weighted by atomic mass is 10.0. The molecule has 1 aliphatic rings. The molecule has 7 nitrogen and oxygen atoms in total. The van der Waals surface area contributed by atoms with Gasteiger partial charge in [-0.2, -0.15) is 0 Å². The van der Waals surface area contributed by atoms with E-state index in [9.17, 15) is 14.4 Å². The summed E-state index contributed by atoms with van der Waals surface area (Å²) in [6.45, 7) is 4.17. The van der Waals surface area contributed by atoms with E-state index in [1.807, 2.05) is 38.1 Å². The molecule has 0 aliphatic carbocycles. The smallest absolute Gasteiger partial charge is 0.335 e. The first-order valence-electron chi connectivity index (χ1n) is 12.2. The number of rotatable bonds is 6. The average molecular weight is 632 g/mol. The molecule has 39 heavy (non-hydrogen) atoms. The fourth-order valence-corrected chi connectivity index (χ4v) is 5.15. The third-order valence-electron chi connectivity index (χ3n) is 6.61. The van der Waals surface area contributed by atoms with Crippen LogP contribution in [0.2, 0.25) is 0 Å². The van der Waals surface area contributed by atoms with Crippen molar-refractivity contribution in [3.05, 3.63) is 104 Å². The molecule has 0 aromatic heterocycles. The van der Waals surface area contributed by atoms with Gasteiger partial charge in [0, 0.05) is 0 Å². The minimum Gasteiger partial charge on any atom is -0.493 e. The molecule has 1 saturated heterocycles. The molecule has 4 aromatic rings. The number of urea groups is 1. The third kappa shape index (κ3) is 5.37. The summed E-state index contributed by atoms with van der Waals surface area (Å²) in [5, 5.41) is 4.56. The predicted octanol–water partition coefficient (Wildman–Crippen LogP) is 6.32. The van der Waals surface area contributed by atoms with Gasteiger partial charge in [-0.25, -0.2) is 9.69 Å². The standard InChI is InChI=1S/C31H25IN2O5/c1-18-8-11-24(12-19(18)2)34-30(36)25(29(35)33-31(34)37)14-21-15-26(32)28(27(16-21)38-3)39-17-20-9-10-22-6-4-5-7-23(22)13-20/h4-16H,17H2,1-3H3,(H,33,35,37)/b25-14+. The third-order valence-corrected chi connectivity index (χ3v) is 7.41. The fourth-order valence-electron chi connectivity index (χ4n) is 4.37. The Bertz CT molecular complexity index is 1680. The number of halogens is 1. The van der Waals surface area contributed by atoms with Gasteiger partial charge in [0.1, 0.15) is 12.2 Å². The summed E-state index contributed by atoms with van der Waals surface area (Å²) in [4.78, 5) is 39.5. The minimum atomic E-state index is -0.782. The van der Waals surface area contributed by atoms with Crippen molar-refractivity contribution in [3.8, 4) is 11.5 Å². The van der Waals surface area contributed by atoms with Crippen LogP contribution in [0.5, 0.6) is 11.5 Å². The van der Waals surface area contributed by atoms with Gasteiger partial charge in [-0.05, 0) is 106 Å². The average Bonchev–Trinajstić information content (AvgIpc) is 2.92. The Labute approximate surface area is 239 Å². The number of hydrogen-bond donors (Lipinski definition) is 1. The SMILES string of the molecule is COc1cc(/C=C2\C(=O)NC(=O)N(c3ccc(C)c(C)c3)C2=O)cc(I)c1OCc1ccc2ccccc2c1. The molecule has 0 radical (unpaired) electrons. The zero-order valence-corrected chi connectivity index (χ0v) is 23.7. The van der Waals surface area contributed by atoms with Crippen LogP contribution in [0.15, 0.2) is 78.4 Å². The quantitative estimate of drug-likeness (QED) is 0.153. The number of nitrogens with one attached hydrogen (secondary N) is 1. The Morgan fingerprint density at radius 2 is 1.67 bits per heavy atom. The summed E-state index contributed by atoms with van der Waals surface area (Å²) in [7, 11) is 1.53. The van der Waals surface area contributed by atoms with E-state index in [0.717, 1.165) is 35.9 Å². The van der Waals surface area contributed by atoms with Crippen molar-refractivity contribution in [2.24, 2.45) is 0 Å². The van der Waals surface area contributed by atoms with Crippen molar-refractivity contribution in [2.45, 2.75) is 20.5 Å². The van der Waals surface area contributed by atoms with E-state index in [2.05, 4.69) is 52.2 Å². The van der Waals surface area contributed by atoms with Gasteiger partial charge < -0.3 is 9.47 Å². The number of carbonyl (C=O) groups excluding carboxylic acids is 3. The van der Waals surface area contributed by atoms with Gasteiger partial charge in [0.05, 0.1) is 16.4 Å². The summed E-state index contributed by atoms with van der Waals surface area (Å²) in [5.74, 6) is -0.437. The van der Waals surface area contributed by atoms with Crippen LogP contribution in [0.25, 0.3) is 16.8 Å². The van der Waals surface area contributed by atoms with E-state index in [1.54, 1.807) is 24.3 Å². The zero-order valence-electron chi connectivity index (χ0n) is 21.6. The van der Waals surface area contributed by atoms with Crippen LogP contribution in [-0.2, 0) is 16.2 Å². The molecule has 8 heteroatoms. The Balaban J connectivity index is 1.42. The number of amides is 4. The first-order valence-corrected chi connectivity index (χ1v) is 13.3. The number of ether oxygens (including phenoxy) is 2. The highest BCUT2D eigenvalue weighted by molar-refractivity contribution is 14.1. The number of carbonyl (C=O) groups is 3. The molecule has 0 unspecified atom stereocenters. The first-order chi connectivity index (χ1) is 18.7. The Morgan fingerprint density at radius 3 is 2.41 bits per heavy atom. The normalized spacial score (nSPS) is 14.6. The molecule has 5 rings (SSSR count). The number of nitrogens with zero attached hydrogens (tertiary/aromatic N) is 1. The maximum Gasteiger partial charge on any atom is 0.335 e. The monoisotopic (exact) mass is 632 g/mol. The van der Waals surface area contributed by atoms with Crippen LogP contribution in [0, 0.1) is 17.4 Å². The lowest BCUT2D eigenvalue weighted by Gasteiger charge is -2.27. The van der Waals surface area contributed by atoms with Gasteiger partial charge in [-0.15, -0.1) is 0 Å². The maximum atomic E-state index is 13.3. The second kappa shape index (κ2) is 10.9. The van der Waals surface area contributed by atoms with Crippen molar-refractivity contribution in [1.82, 2.24) is 5.32 Å². The molecule has 0 saturated carbocycles. The van der Waals surface area contributed by atoms with Crippen molar-refractivity contribution in [2.75, 3.05) is 12.0 Å². The van der Waals surface area contributed by atoms with Crippen LogP contribution in [0.4, 0.5) is 10.5 Å². The van der Waals surface area contributed by atoms with Gasteiger partial charge in [-0.1, -0.05) is 42.5 Å². The zero-order chi connectivity index (χ0) is 27.7. The minimum absolute atomic E-state index is 0.157. The highest BCUT2D eigenvalue weighted by Crippen LogP contribution is 2.36. The summed E-state index contributed by atoms with van der Waals surface area (Å²) in [6, 6.07) is 22.3. The number of fused-ring (bicyclic) bond motifs is 1.